The summed E-state index contributed by atoms with van der Waals surface area (Å²) in [6, 6.07) is 8.20. The number of aromatic amines is 1. The SMILES string of the molecule is CCc1cc(CC(=O)CN2C(=O)c3ccccc3C2=O)c(=O)[nH]c1C. The van der Waals surface area contributed by atoms with E-state index in [0.29, 0.717) is 16.7 Å². The number of Topliss-reactive ketones (excluding diaryl/α,β-unsaturated/α-hetero) is 1. The number of carbonyl (C=O) groups excluding carboxylic acids is 3. The number of aromatic nitrogens is 1. The van der Waals surface area contributed by atoms with E-state index < -0.39 is 11.8 Å². The van der Waals surface area contributed by atoms with Crippen molar-refractivity contribution in [3.05, 3.63) is 68.6 Å². The van der Waals surface area contributed by atoms with Crippen molar-refractivity contribution in [2.24, 2.45) is 0 Å². The van der Waals surface area contributed by atoms with Gasteiger partial charge in [-0.1, -0.05) is 19.1 Å². The van der Waals surface area contributed by atoms with Crippen molar-refractivity contribution in [2.45, 2.75) is 26.7 Å². The molecule has 0 saturated carbocycles. The Balaban J connectivity index is 1.78. The van der Waals surface area contributed by atoms with E-state index in [4.69, 9.17) is 0 Å². The Morgan fingerprint density at radius 2 is 1.64 bits per heavy atom. The number of hydrogen-bond acceptors (Lipinski definition) is 4. The molecule has 0 aliphatic carbocycles. The third-order valence-electron chi connectivity index (χ3n) is 4.40. The molecule has 25 heavy (non-hydrogen) atoms. The summed E-state index contributed by atoms with van der Waals surface area (Å²) >= 11 is 0. The summed E-state index contributed by atoms with van der Waals surface area (Å²) in [6.07, 6.45) is 0.623. The number of imide groups is 1. The molecule has 1 aliphatic rings. The minimum absolute atomic E-state index is 0.115. The van der Waals surface area contributed by atoms with Gasteiger partial charge in [-0.15, -0.1) is 0 Å². The Kier molecular flexibility index (Phi) is 4.35. The van der Waals surface area contributed by atoms with Crippen molar-refractivity contribution < 1.29 is 14.4 Å². The van der Waals surface area contributed by atoms with Crippen molar-refractivity contribution in [1.82, 2.24) is 9.88 Å². The number of amides is 2. The van der Waals surface area contributed by atoms with Crippen LogP contribution in [0.5, 0.6) is 0 Å². The summed E-state index contributed by atoms with van der Waals surface area (Å²) < 4.78 is 0. The quantitative estimate of drug-likeness (QED) is 0.840. The lowest BCUT2D eigenvalue weighted by Crippen LogP contribution is -2.36. The smallest absolute Gasteiger partial charge is 0.261 e. The summed E-state index contributed by atoms with van der Waals surface area (Å²) in [5.74, 6) is -1.30. The minimum Gasteiger partial charge on any atom is -0.326 e. The average molecular weight is 338 g/mol. The normalized spacial score (nSPS) is 13.3. The third-order valence-corrected chi connectivity index (χ3v) is 4.40. The molecule has 0 bridgehead atoms. The molecule has 1 N–H and O–H groups in total. The molecule has 1 aromatic carbocycles. The number of hydrogen-bond donors (Lipinski definition) is 1. The van der Waals surface area contributed by atoms with Crippen molar-refractivity contribution in [3.8, 4) is 0 Å². The van der Waals surface area contributed by atoms with Crippen LogP contribution in [0.1, 0.15) is 44.5 Å². The van der Waals surface area contributed by atoms with Crippen molar-refractivity contribution in [1.29, 1.82) is 0 Å². The first kappa shape index (κ1) is 16.8. The molecule has 3 rings (SSSR count). The zero-order valence-corrected chi connectivity index (χ0v) is 14.1. The fraction of sp³-hybridized carbons (Fsp3) is 0.263. The van der Waals surface area contributed by atoms with E-state index in [-0.39, 0.29) is 24.3 Å². The second kappa shape index (κ2) is 6.47. The van der Waals surface area contributed by atoms with E-state index in [0.717, 1.165) is 22.6 Å². The second-order valence-electron chi connectivity index (χ2n) is 6.08. The highest BCUT2D eigenvalue weighted by molar-refractivity contribution is 6.22. The molecule has 0 atom stereocenters. The number of aryl methyl sites for hydroxylation is 2. The summed E-state index contributed by atoms with van der Waals surface area (Å²) in [6.45, 7) is 3.44. The van der Waals surface area contributed by atoms with Gasteiger partial charge in [0, 0.05) is 17.7 Å². The minimum atomic E-state index is -0.471. The van der Waals surface area contributed by atoms with E-state index in [9.17, 15) is 19.2 Å². The van der Waals surface area contributed by atoms with Crippen molar-refractivity contribution >= 4 is 17.6 Å². The molecule has 6 nitrogen and oxygen atoms in total. The van der Waals surface area contributed by atoms with Gasteiger partial charge in [0.25, 0.3) is 17.4 Å². The van der Waals surface area contributed by atoms with Gasteiger partial charge in [-0.05, 0) is 37.1 Å². The van der Waals surface area contributed by atoms with Crippen LogP contribution < -0.4 is 5.56 Å². The molecule has 1 aromatic heterocycles. The average Bonchev–Trinajstić information content (AvgIpc) is 2.83. The molecule has 0 saturated heterocycles. The van der Waals surface area contributed by atoms with Gasteiger partial charge in [0.15, 0.2) is 5.78 Å². The molecule has 0 spiro atoms. The van der Waals surface area contributed by atoms with Gasteiger partial charge in [0.2, 0.25) is 0 Å². The topological polar surface area (TPSA) is 87.3 Å². The summed E-state index contributed by atoms with van der Waals surface area (Å²) in [4.78, 5) is 52.6. The first-order valence-electron chi connectivity index (χ1n) is 8.11. The highest BCUT2D eigenvalue weighted by Crippen LogP contribution is 2.22. The van der Waals surface area contributed by atoms with Gasteiger partial charge < -0.3 is 4.98 Å². The van der Waals surface area contributed by atoms with Crippen molar-refractivity contribution in [2.75, 3.05) is 6.54 Å². The summed E-state index contributed by atoms with van der Waals surface area (Å²) in [7, 11) is 0. The van der Waals surface area contributed by atoms with Gasteiger partial charge in [-0.25, -0.2) is 0 Å². The van der Waals surface area contributed by atoms with Gasteiger partial charge in [-0.2, -0.15) is 0 Å². The number of nitrogens with zero attached hydrogens (tertiary/aromatic N) is 1. The fourth-order valence-electron chi connectivity index (χ4n) is 3.04. The second-order valence-corrected chi connectivity index (χ2v) is 6.08. The lowest BCUT2D eigenvalue weighted by Gasteiger charge is -2.13. The molecular formula is C19H18N2O4. The van der Waals surface area contributed by atoms with E-state index in [2.05, 4.69) is 4.98 Å². The van der Waals surface area contributed by atoms with Crippen LogP contribution in [0.15, 0.2) is 35.1 Å². The van der Waals surface area contributed by atoms with Crippen LogP contribution in [-0.2, 0) is 17.6 Å². The molecule has 128 valence electrons. The number of rotatable bonds is 5. The number of nitrogens with one attached hydrogen (secondary N) is 1. The Morgan fingerprint density at radius 1 is 1.04 bits per heavy atom. The number of carbonyl (C=O) groups is 3. The van der Waals surface area contributed by atoms with Crippen LogP contribution in [-0.4, -0.2) is 34.0 Å². The predicted octanol–water partition coefficient (Wildman–Crippen LogP) is 1.65. The highest BCUT2D eigenvalue weighted by atomic mass is 16.2. The first-order valence-corrected chi connectivity index (χ1v) is 8.11. The lowest BCUT2D eigenvalue weighted by molar-refractivity contribution is -0.118. The van der Waals surface area contributed by atoms with Crippen LogP contribution in [0.25, 0.3) is 0 Å². The van der Waals surface area contributed by atoms with Gasteiger partial charge >= 0.3 is 0 Å². The molecule has 6 heteroatoms. The molecule has 0 fully saturated rings. The number of fused-ring (bicyclic) bond motifs is 1. The molecule has 1 aliphatic heterocycles. The van der Waals surface area contributed by atoms with E-state index >= 15 is 0 Å². The van der Waals surface area contributed by atoms with Gasteiger partial charge in [-0.3, -0.25) is 24.1 Å². The van der Waals surface area contributed by atoms with Crippen molar-refractivity contribution in [3.63, 3.8) is 0 Å². The van der Waals surface area contributed by atoms with Crippen LogP contribution in [0.3, 0.4) is 0 Å². The number of ketones is 1. The van der Waals surface area contributed by atoms with E-state index in [1.54, 1.807) is 30.3 Å². The molecule has 2 aromatic rings. The Morgan fingerprint density at radius 3 is 2.20 bits per heavy atom. The predicted molar refractivity (Wildman–Crippen MR) is 91.7 cm³/mol. The van der Waals surface area contributed by atoms with Crippen LogP contribution in [0.2, 0.25) is 0 Å². The first-order chi connectivity index (χ1) is 11.9. The summed E-state index contributed by atoms with van der Waals surface area (Å²) in [5, 5.41) is 0. The summed E-state index contributed by atoms with van der Waals surface area (Å²) in [5.41, 5.74) is 2.39. The Labute approximate surface area is 144 Å². The monoisotopic (exact) mass is 338 g/mol. The van der Waals surface area contributed by atoms with Crippen LogP contribution in [0.4, 0.5) is 0 Å². The molecule has 0 unspecified atom stereocenters. The van der Waals surface area contributed by atoms with Crippen LogP contribution >= 0.6 is 0 Å². The lowest BCUT2D eigenvalue weighted by atomic mass is 10.0. The van der Waals surface area contributed by atoms with Gasteiger partial charge in [0.1, 0.15) is 0 Å². The molecule has 2 amide bonds. The maximum absolute atomic E-state index is 12.3. The molecule has 0 radical (unpaired) electrons. The number of H-pyrrole nitrogens is 1. The highest BCUT2D eigenvalue weighted by Gasteiger charge is 2.36. The van der Waals surface area contributed by atoms with E-state index in [1.807, 2.05) is 13.8 Å². The molecule has 2 heterocycles. The number of pyridine rings is 1. The maximum Gasteiger partial charge on any atom is 0.261 e. The van der Waals surface area contributed by atoms with Gasteiger partial charge in [0.05, 0.1) is 17.7 Å². The third kappa shape index (κ3) is 3.03. The zero-order valence-electron chi connectivity index (χ0n) is 14.1. The fourth-order valence-corrected chi connectivity index (χ4v) is 3.04. The van der Waals surface area contributed by atoms with E-state index in [1.165, 1.54) is 0 Å². The number of benzene rings is 1. The Hall–Kier alpha value is -3.02. The zero-order chi connectivity index (χ0) is 18.1. The Bertz CT molecular complexity index is 908. The standard InChI is InChI=1S/C19H18N2O4/c1-3-12-8-13(17(23)20-11(12)2)9-14(22)10-21-18(24)15-6-4-5-7-16(15)19(21)25/h4-8H,3,9-10H2,1-2H3,(H,20,23). The maximum atomic E-state index is 12.3. The van der Waals surface area contributed by atoms with Crippen LogP contribution in [0, 0.1) is 6.92 Å². The molecular weight excluding hydrogens is 320 g/mol. The largest absolute Gasteiger partial charge is 0.326 e.